The Labute approximate surface area is 109 Å². The zero-order chi connectivity index (χ0) is 11.5. The van der Waals surface area contributed by atoms with Gasteiger partial charge in [-0.05, 0) is 46.3 Å². The number of ether oxygens (including phenoxy) is 1. The molecule has 0 bridgehead atoms. The Morgan fingerprint density at radius 3 is 2.75 bits per heavy atom. The van der Waals surface area contributed by atoms with E-state index in [0.29, 0.717) is 5.92 Å². The summed E-state index contributed by atoms with van der Waals surface area (Å²) >= 11 is 9.68. The molecule has 0 radical (unpaired) electrons. The molecule has 2 nitrogen and oxygen atoms in total. The van der Waals surface area contributed by atoms with E-state index in [0.717, 1.165) is 41.1 Å². The molecule has 4 heteroatoms. The van der Waals surface area contributed by atoms with Gasteiger partial charge in [-0.3, -0.25) is 0 Å². The average Bonchev–Trinajstić information content (AvgIpc) is 2.33. The summed E-state index contributed by atoms with van der Waals surface area (Å²) in [6.45, 7) is 1.62. The van der Waals surface area contributed by atoms with Gasteiger partial charge in [-0.1, -0.05) is 23.7 Å². The lowest BCUT2D eigenvalue weighted by Crippen LogP contribution is -2.27. The van der Waals surface area contributed by atoms with Crippen LogP contribution in [0.3, 0.4) is 0 Å². The zero-order valence-corrected chi connectivity index (χ0v) is 11.3. The Bertz CT molecular complexity index is 366. The normalized spacial score (nSPS) is 19.7. The molecule has 1 saturated heterocycles. The molecule has 1 atom stereocenters. The first kappa shape index (κ1) is 12.4. The van der Waals surface area contributed by atoms with Crippen LogP contribution in [0.25, 0.3) is 0 Å². The van der Waals surface area contributed by atoms with Gasteiger partial charge < -0.3 is 10.5 Å². The van der Waals surface area contributed by atoms with Gasteiger partial charge in [0.05, 0.1) is 5.02 Å². The Morgan fingerprint density at radius 2 is 2.06 bits per heavy atom. The molecule has 16 heavy (non-hydrogen) atoms. The van der Waals surface area contributed by atoms with Crippen molar-refractivity contribution in [3.8, 4) is 0 Å². The van der Waals surface area contributed by atoms with Crippen LogP contribution in [0, 0.1) is 5.92 Å². The van der Waals surface area contributed by atoms with Crippen LogP contribution < -0.4 is 5.73 Å². The van der Waals surface area contributed by atoms with Crippen LogP contribution in [0.2, 0.25) is 5.02 Å². The summed E-state index contributed by atoms with van der Waals surface area (Å²) in [7, 11) is 0. The van der Waals surface area contributed by atoms with Crippen LogP contribution in [0.1, 0.15) is 24.4 Å². The molecule has 2 N–H and O–H groups in total. The number of hydrogen-bond donors (Lipinski definition) is 1. The number of hydrogen-bond acceptors (Lipinski definition) is 2. The fourth-order valence-electron chi connectivity index (χ4n) is 2.11. The van der Waals surface area contributed by atoms with Crippen LogP contribution in [-0.2, 0) is 4.74 Å². The highest BCUT2D eigenvalue weighted by atomic mass is 79.9. The molecule has 1 heterocycles. The van der Waals surface area contributed by atoms with E-state index >= 15 is 0 Å². The second kappa shape index (κ2) is 5.50. The summed E-state index contributed by atoms with van der Waals surface area (Å²) in [6, 6.07) is 5.93. The van der Waals surface area contributed by atoms with Crippen LogP contribution in [0.15, 0.2) is 22.7 Å². The molecule has 1 aromatic rings. The SMILES string of the molecule is NC(c1cccc(Br)c1Cl)C1CCOCC1. The number of benzene rings is 1. The third-order valence-electron chi connectivity index (χ3n) is 3.11. The maximum absolute atomic E-state index is 6.28. The summed E-state index contributed by atoms with van der Waals surface area (Å²) < 4.78 is 6.25. The summed E-state index contributed by atoms with van der Waals surface area (Å²) in [6.07, 6.45) is 2.04. The molecule has 0 amide bonds. The second-order valence-corrected chi connectivity index (χ2v) is 5.35. The van der Waals surface area contributed by atoms with Crippen LogP contribution >= 0.6 is 27.5 Å². The van der Waals surface area contributed by atoms with Crippen molar-refractivity contribution in [1.29, 1.82) is 0 Å². The Balaban J connectivity index is 2.19. The second-order valence-electron chi connectivity index (χ2n) is 4.12. The summed E-state index contributed by atoms with van der Waals surface area (Å²) in [5.41, 5.74) is 7.31. The van der Waals surface area contributed by atoms with E-state index in [1.807, 2.05) is 18.2 Å². The van der Waals surface area contributed by atoms with E-state index < -0.39 is 0 Å². The van der Waals surface area contributed by atoms with E-state index in [1.165, 1.54) is 0 Å². The van der Waals surface area contributed by atoms with Crippen molar-refractivity contribution >= 4 is 27.5 Å². The van der Waals surface area contributed by atoms with Crippen molar-refractivity contribution in [3.05, 3.63) is 33.3 Å². The Morgan fingerprint density at radius 1 is 1.38 bits per heavy atom. The molecule has 0 aromatic heterocycles. The minimum Gasteiger partial charge on any atom is -0.381 e. The van der Waals surface area contributed by atoms with E-state index in [-0.39, 0.29) is 6.04 Å². The minimum atomic E-state index is 0.00824. The fourth-order valence-corrected chi connectivity index (χ4v) is 2.74. The van der Waals surface area contributed by atoms with Crippen LogP contribution in [-0.4, -0.2) is 13.2 Å². The summed E-state index contributed by atoms with van der Waals surface area (Å²) in [4.78, 5) is 0. The quantitative estimate of drug-likeness (QED) is 0.907. The minimum absolute atomic E-state index is 0.00824. The molecular formula is C12H15BrClNO. The van der Waals surface area contributed by atoms with Crippen molar-refractivity contribution in [3.63, 3.8) is 0 Å². The van der Waals surface area contributed by atoms with Gasteiger partial charge in [0.2, 0.25) is 0 Å². The first-order valence-corrected chi connectivity index (χ1v) is 6.64. The van der Waals surface area contributed by atoms with Crippen molar-refractivity contribution in [1.82, 2.24) is 0 Å². The zero-order valence-electron chi connectivity index (χ0n) is 8.96. The molecule has 1 aliphatic rings. The highest BCUT2D eigenvalue weighted by Gasteiger charge is 2.24. The summed E-state index contributed by atoms with van der Waals surface area (Å²) in [5, 5.41) is 0.737. The number of nitrogens with two attached hydrogens (primary N) is 1. The largest absolute Gasteiger partial charge is 0.381 e. The molecule has 1 aliphatic heterocycles. The predicted molar refractivity (Wildman–Crippen MR) is 69.6 cm³/mol. The highest BCUT2D eigenvalue weighted by Crippen LogP contribution is 2.35. The number of rotatable bonds is 2. The van der Waals surface area contributed by atoms with Gasteiger partial charge in [-0.25, -0.2) is 0 Å². The van der Waals surface area contributed by atoms with Crippen molar-refractivity contribution in [2.75, 3.05) is 13.2 Å². The van der Waals surface area contributed by atoms with E-state index in [9.17, 15) is 0 Å². The van der Waals surface area contributed by atoms with Gasteiger partial charge in [0.1, 0.15) is 0 Å². The van der Waals surface area contributed by atoms with Crippen molar-refractivity contribution < 1.29 is 4.74 Å². The van der Waals surface area contributed by atoms with Crippen molar-refractivity contribution in [2.45, 2.75) is 18.9 Å². The first-order valence-electron chi connectivity index (χ1n) is 5.47. The maximum atomic E-state index is 6.28. The standard InChI is InChI=1S/C12H15BrClNO/c13-10-3-1-2-9(11(10)14)12(15)8-4-6-16-7-5-8/h1-3,8,12H,4-7,15H2. The number of halogens is 2. The monoisotopic (exact) mass is 303 g/mol. The van der Waals surface area contributed by atoms with Gasteiger partial charge >= 0.3 is 0 Å². The molecule has 1 fully saturated rings. The van der Waals surface area contributed by atoms with Gasteiger partial charge in [-0.15, -0.1) is 0 Å². The maximum Gasteiger partial charge on any atom is 0.0595 e. The fraction of sp³-hybridized carbons (Fsp3) is 0.500. The molecule has 1 unspecified atom stereocenters. The molecule has 88 valence electrons. The van der Waals surface area contributed by atoms with Crippen LogP contribution in [0.5, 0.6) is 0 Å². The summed E-state index contributed by atoms with van der Waals surface area (Å²) in [5.74, 6) is 0.473. The molecule has 0 saturated carbocycles. The van der Waals surface area contributed by atoms with Gasteiger partial charge in [-0.2, -0.15) is 0 Å². The molecule has 2 rings (SSSR count). The third kappa shape index (κ3) is 2.59. The average molecular weight is 305 g/mol. The lowest BCUT2D eigenvalue weighted by Gasteiger charge is -2.28. The lowest BCUT2D eigenvalue weighted by molar-refractivity contribution is 0.0584. The lowest BCUT2D eigenvalue weighted by atomic mass is 9.88. The van der Waals surface area contributed by atoms with Crippen molar-refractivity contribution in [2.24, 2.45) is 11.7 Å². The first-order chi connectivity index (χ1) is 7.70. The van der Waals surface area contributed by atoms with Gasteiger partial charge in [0.25, 0.3) is 0 Å². The highest BCUT2D eigenvalue weighted by molar-refractivity contribution is 9.10. The predicted octanol–water partition coefficient (Wildman–Crippen LogP) is 3.53. The molecule has 0 spiro atoms. The molecular weight excluding hydrogens is 289 g/mol. The van der Waals surface area contributed by atoms with E-state index in [1.54, 1.807) is 0 Å². The smallest absolute Gasteiger partial charge is 0.0595 e. The Kier molecular flexibility index (Phi) is 4.25. The third-order valence-corrected chi connectivity index (χ3v) is 4.43. The topological polar surface area (TPSA) is 35.2 Å². The molecule has 0 aliphatic carbocycles. The van der Waals surface area contributed by atoms with E-state index in [4.69, 9.17) is 22.1 Å². The van der Waals surface area contributed by atoms with Gasteiger partial charge in [0.15, 0.2) is 0 Å². The van der Waals surface area contributed by atoms with Gasteiger partial charge in [0, 0.05) is 23.7 Å². The molecule has 1 aromatic carbocycles. The van der Waals surface area contributed by atoms with Crippen LogP contribution in [0.4, 0.5) is 0 Å². The Hall–Kier alpha value is -0.0900. The van der Waals surface area contributed by atoms with E-state index in [2.05, 4.69) is 15.9 Å².